The maximum atomic E-state index is 11.8. The lowest BCUT2D eigenvalue weighted by molar-refractivity contribution is 0.599. The van der Waals surface area contributed by atoms with Crippen molar-refractivity contribution in [3.8, 4) is 0 Å². The highest BCUT2D eigenvalue weighted by Crippen LogP contribution is 2.26. The van der Waals surface area contributed by atoms with Crippen molar-refractivity contribution < 1.29 is 8.42 Å². The third-order valence-corrected chi connectivity index (χ3v) is 6.71. The Bertz CT molecular complexity index is 917. The average molecular weight is 395 g/mol. The number of nitrogens with zero attached hydrogens (tertiary/aromatic N) is 3. The first kappa shape index (κ1) is 18.9. The summed E-state index contributed by atoms with van der Waals surface area (Å²) in [7, 11) is -2.95. The highest BCUT2D eigenvalue weighted by Gasteiger charge is 2.32. The summed E-state index contributed by atoms with van der Waals surface area (Å²) in [6.45, 7) is 6.54. The highest BCUT2D eigenvalue weighted by molar-refractivity contribution is 7.91. The number of hydrogen-bond donors (Lipinski definition) is 1. The first-order valence-electron chi connectivity index (χ1n) is 8.63. The Kier molecular flexibility index (Phi) is 5.39. The number of sulfone groups is 1. The van der Waals surface area contributed by atoms with Gasteiger partial charge in [0.15, 0.2) is 9.84 Å². The van der Waals surface area contributed by atoms with Gasteiger partial charge in [-0.3, -0.25) is 0 Å². The second kappa shape index (κ2) is 7.40. The molecule has 6 nitrogen and oxygen atoms in total. The molecule has 2 aromatic rings. The standard InChI is InChI=1S/C18H23ClN4O2S/c1-4-23(15-7-8-26(24,25)11-15)17-9-13(3)20-18(22-17)21-14-6-5-12(2)16(19)10-14/h5-6,9-10,15H,4,7-8,11H2,1-3H3,(H,20,21,22). The summed E-state index contributed by atoms with van der Waals surface area (Å²) in [5, 5.41) is 3.86. The molecule has 0 bridgehead atoms. The zero-order valence-electron chi connectivity index (χ0n) is 15.2. The fraction of sp³-hybridized carbons (Fsp3) is 0.444. The molecular formula is C18H23ClN4O2S. The van der Waals surface area contributed by atoms with Gasteiger partial charge in [-0.15, -0.1) is 0 Å². The van der Waals surface area contributed by atoms with Crippen LogP contribution in [0.1, 0.15) is 24.6 Å². The van der Waals surface area contributed by atoms with Gasteiger partial charge in [-0.25, -0.2) is 13.4 Å². The van der Waals surface area contributed by atoms with E-state index in [1.54, 1.807) is 0 Å². The quantitative estimate of drug-likeness (QED) is 0.836. The van der Waals surface area contributed by atoms with Gasteiger partial charge in [-0.2, -0.15) is 4.98 Å². The minimum absolute atomic E-state index is 0.0408. The summed E-state index contributed by atoms with van der Waals surface area (Å²) in [6.07, 6.45) is 0.634. The molecule has 0 saturated carbocycles. The predicted octanol–water partition coefficient (Wildman–Crippen LogP) is 3.50. The van der Waals surface area contributed by atoms with Crippen LogP contribution in [0.25, 0.3) is 0 Å². The Hall–Kier alpha value is -1.86. The van der Waals surface area contributed by atoms with Crippen LogP contribution >= 0.6 is 11.6 Å². The Labute approximate surface area is 159 Å². The van der Waals surface area contributed by atoms with Crippen LogP contribution in [0.2, 0.25) is 5.02 Å². The second-order valence-electron chi connectivity index (χ2n) is 6.62. The Morgan fingerprint density at radius 3 is 2.65 bits per heavy atom. The van der Waals surface area contributed by atoms with Crippen molar-refractivity contribution in [2.75, 3.05) is 28.3 Å². The van der Waals surface area contributed by atoms with Gasteiger partial charge in [0.1, 0.15) is 5.82 Å². The molecule has 0 aliphatic carbocycles. The summed E-state index contributed by atoms with van der Waals surface area (Å²) >= 11 is 6.18. The third kappa shape index (κ3) is 4.27. The molecular weight excluding hydrogens is 372 g/mol. The molecule has 2 heterocycles. The SMILES string of the molecule is CCN(c1cc(C)nc(Nc2ccc(C)c(Cl)c2)n1)C1CCS(=O)(=O)C1. The number of hydrogen-bond acceptors (Lipinski definition) is 6. The van der Waals surface area contributed by atoms with Gasteiger partial charge in [0.05, 0.1) is 11.5 Å². The second-order valence-corrected chi connectivity index (χ2v) is 9.26. The van der Waals surface area contributed by atoms with Crippen molar-refractivity contribution in [1.82, 2.24) is 9.97 Å². The van der Waals surface area contributed by atoms with Gasteiger partial charge < -0.3 is 10.2 Å². The molecule has 8 heteroatoms. The molecule has 26 heavy (non-hydrogen) atoms. The summed E-state index contributed by atoms with van der Waals surface area (Å²) in [5.74, 6) is 1.63. The predicted molar refractivity (Wildman–Crippen MR) is 106 cm³/mol. The number of aryl methyl sites for hydroxylation is 2. The van der Waals surface area contributed by atoms with E-state index in [-0.39, 0.29) is 17.5 Å². The van der Waals surface area contributed by atoms with E-state index >= 15 is 0 Å². The van der Waals surface area contributed by atoms with Crippen molar-refractivity contribution in [2.24, 2.45) is 0 Å². The smallest absolute Gasteiger partial charge is 0.229 e. The van der Waals surface area contributed by atoms with Gasteiger partial charge in [0, 0.05) is 35.1 Å². The van der Waals surface area contributed by atoms with Crippen molar-refractivity contribution in [1.29, 1.82) is 0 Å². The molecule has 140 valence electrons. The van der Waals surface area contributed by atoms with E-state index < -0.39 is 9.84 Å². The van der Waals surface area contributed by atoms with Crippen LogP contribution in [0.3, 0.4) is 0 Å². The van der Waals surface area contributed by atoms with Crippen LogP contribution in [0.15, 0.2) is 24.3 Å². The van der Waals surface area contributed by atoms with Crippen LogP contribution in [0.4, 0.5) is 17.5 Å². The molecule has 1 aliphatic heterocycles. The fourth-order valence-corrected chi connectivity index (χ4v) is 5.09. The maximum absolute atomic E-state index is 11.8. The van der Waals surface area contributed by atoms with E-state index in [2.05, 4.69) is 15.3 Å². The third-order valence-electron chi connectivity index (χ3n) is 4.55. The van der Waals surface area contributed by atoms with Crippen molar-refractivity contribution in [3.63, 3.8) is 0 Å². The molecule has 1 N–H and O–H groups in total. The molecule has 0 radical (unpaired) electrons. The fourth-order valence-electron chi connectivity index (χ4n) is 3.18. The molecule has 1 aromatic heterocycles. The van der Waals surface area contributed by atoms with E-state index in [9.17, 15) is 8.42 Å². The van der Waals surface area contributed by atoms with Gasteiger partial charge in [0.25, 0.3) is 0 Å². The summed E-state index contributed by atoms with van der Waals surface area (Å²) < 4.78 is 23.7. The largest absolute Gasteiger partial charge is 0.353 e. The number of anilines is 3. The monoisotopic (exact) mass is 394 g/mol. The molecule has 1 unspecified atom stereocenters. The molecule has 0 spiro atoms. The van der Waals surface area contributed by atoms with Crippen molar-refractivity contribution in [3.05, 3.63) is 40.5 Å². The van der Waals surface area contributed by atoms with Gasteiger partial charge in [0.2, 0.25) is 5.95 Å². The summed E-state index contributed by atoms with van der Waals surface area (Å²) in [6, 6.07) is 7.54. The van der Waals surface area contributed by atoms with E-state index in [1.165, 1.54) is 0 Å². The van der Waals surface area contributed by atoms with Crippen LogP contribution in [-0.2, 0) is 9.84 Å². The number of aromatic nitrogens is 2. The minimum atomic E-state index is -2.95. The lowest BCUT2D eigenvalue weighted by Gasteiger charge is -2.28. The lowest BCUT2D eigenvalue weighted by atomic mass is 10.2. The number of halogens is 1. The Morgan fingerprint density at radius 2 is 2.04 bits per heavy atom. The van der Waals surface area contributed by atoms with Gasteiger partial charge in [-0.05, 0) is 44.9 Å². The number of rotatable bonds is 5. The first-order valence-corrected chi connectivity index (χ1v) is 10.8. The molecule has 1 aromatic carbocycles. The Balaban J connectivity index is 1.87. The number of benzene rings is 1. The van der Waals surface area contributed by atoms with Crippen LogP contribution in [-0.4, -0.2) is 42.5 Å². The molecule has 1 atom stereocenters. The molecule has 0 amide bonds. The zero-order chi connectivity index (χ0) is 18.9. The Morgan fingerprint density at radius 1 is 1.27 bits per heavy atom. The highest BCUT2D eigenvalue weighted by atomic mass is 35.5. The van der Waals surface area contributed by atoms with Gasteiger partial charge >= 0.3 is 0 Å². The molecule has 1 aliphatic rings. The topological polar surface area (TPSA) is 75.2 Å². The van der Waals surface area contributed by atoms with E-state index in [0.29, 0.717) is 23.9 Å². The average Bonchev–Trinajstić information content (AvgIpc) is 2.91. The zero-order valence-corrected chi connectivity index (χ0v) is 16.7. The molecule has 1 fully saturated rings. The van der Waals surface area contributed by atoms with Crippen LogP contribution < -0.4 is 10.2 Å². The minimum Gasteiger partial charge on any atom is -0.353 e. The van der Waals surface area contributed by atoms with Gasteiger partial charge in [-0.1, -0.05) is 17.7 Å². The number of nitrogens with one attached hydrogen (secondary N) is 1. The van der Waals surface area contributed by atoms with Crippen LogP contribution in [0, 0.1) is 13.8 Å². The maximum Gasteiger partial charge on any atom is 0.229 e. The van der Waals surface area contributed by atoms with Crippen LogP contribution in [0.5, 0.6) is 0 Å². The first-order chi connectivity index (χ1) is 12.3. The lowest BCUT2D eigenvalue weighted by Crippen LogP contribution is -2.36. The molecule has 3 rings (SSSR count). The normalized spacial score (nSPS) is 18.7. The van der Waals surface area contributed by atoms with Crippen molar-refractivity contribution >= 4 is 38.9 Å². The molecule has 1 saturated heterocycles. The van der Waals surface area contributed by atoms with Crippen molar-refractivity contribution in [2.45, 2.75) is 33.2 Å². The van der Waals surface area contributed by atoms with E-state index in [1.807, 2.05) is 49.9 Å². The summed E-state index contributed by atoms with van der Waals surface area (Å²) in [4.78, 5) is 11.1. The van der Waals surface area contributed by atoms with E-state index in [0.717, 1.165) is 22.8 Å². The van der Waals surface area contributed by atoms with E-state index in [4.69, 9.17) is 11.6 Å². The summed E-state index contributed by atoms with van der Waals surface area (Å²) in [5.41, 5.74) is 2.63.